The van der Waals surface area contributed by atoms with E-state index in [1.54, 1.807) is 0 Å². The van der Waals surface area contributed by atoms with Gasteiger partial charge < -0.3 is 0 Å². The fourth-order valence-corrected chi connectivity index (χ4v) is 1.78. The van der Waals surface area contributed by atoms with Crippen LogP contribution >= 0.6 is 23.2 Å². The molecule has 0 unspecified atom stereocenters. The van der Waals surface area contributed by atoms with E-state index in [1.165, 1.54) is 18.4 Å². The van der Waals surface area contributed by atoms with Gasteiger partial charge in [-0.25, -0.2) is 0 Å². The first-order chi connectivity index (χ1) is 11.7. The second-order valence-corrected chi connectivity index (χ2v) is 6.81. The fraction of sp³-hybridized carbons (Fsp3) is 0.682. The van der Waals surface area contributed by atoms with Crippen molar-refractivity contribution in [2.24, 2.45) is 11.8 Å². The van der Waals surface area contributed by atoms with Gasteiger partial charge in [-0.15, -0.1) is 0 Å². The first kappa shape index (κ1) is 29.2. The molecule has 1 rings (SSSR count). The van der Waals surface area contributed by atoms with Crippen molar-refractivity contribution in [2.75, 3.05) is 0 Å². The number of benzene rings is 1. The molecule has 0 N–H and O–H groups in total. The van der Waals surface area contributed by atoms with Gasteiger partial charge in [-0.3, -0.25) is 4.79 Å². The maximum absolute atomic E-state index is 10.5. The summed E-state index contributed by atoms with van der Waals surface area (Å²) >= 11 is 11.5. The van der Waals surface area contributed by atoms with Crippen LogP contribution in [0.2, 0.25) is 10.0 Å². The highest BCUT2D eigenvalue weighted by Crippen LogP contribution is 2.22. The van der Waals surface area contributed by atoms with Gasteiger partial charge in [0.05, 0.1) is 10.0 Å². The van der Waals surface area contributed by atoms with Gasteiger partial charge >= 0.3 is 0 Å². The molecule has 0 heterocycles. The Kier molecular flexibility index (Phi) is 23.1. The van der Waals surface area contributed by atoms with Gasteiger partial charge in [0, 0.05) is 12.3 Å². The fourth-order valence-electron chi connectivity index (χ4n) is 1.46. The number of hydrogen-bond acceptors (Lipinski definition) is 1. The highest BCUT2D eigenvalue weighted by molar-refractivity contribution is 6.42. The smallest absolute Gasteiger partial charge is 0.135 e. The molecule has 0 bridgehead atoms. The Morgan fingerprint density at radius 1 is 0.920 bits per heavy atom. The zero-order valence-corrected chi connectivity index (χ0v) is 19.4. The van der Waals surface area contributed by atoms with Crippen LogP contribution in [-0.2, 0) is 11.2 Å². The lowest BCUT2D eigenvalue weighted by Crippen LogP contribution is -2.03. The summed E-state index contributed by atoms with van der Waals surface area (Å²) in [5.41, 5.74) is 1.22. The summed E-state index contributed by atoms with van der Waals surface area (Å²) in [7, 11) is 0. The zero-order valence-electron chi connectivity index (χ0n) is 17.9. The molecule has 0 aliphatic heterocycles. The third-order valence-electron chi connectivity index (χ3n) is 3.78. The van der Waals surface area contributed by atoms with E-state index in [2.05, 4.69) is 27.7 Å². The summed E-state index contributed by atoms with van der Waals surface area (Å²) in [6.45, 7) is 18.6. The van der Waals surface area contributed by atoms with Gasteiger partial charge in [0.2, 0.25) is 0 Å². The molecule has 0 fully saturated rings. The van der Waals surface area contributed by atoms with Crippen molar-refractivity contribution >= 4 is 29.0 Å². The molecule has 0 saturated carbocycles. The number of carbonyl (C=O) groups is 1. The molecule has 0 saturated heterocycles. The molecule has 0 spiro atoms. The van der Waals surface area contributed by atoms with E-state index in [9.17, 15) is 4.79 Å². The maximum Gasteiger partial charge on any atom is 0.135 e. The summed E-state index contributed by atoms with van der Waals surface area (Å²) in [5.74, 6) is 1.51. The maximum atomic E-state index is 10.5. The van der Waals surface area contributed by atoms with E-state index in [4.69, 9.17) is 23.2 Å². The van der Waals surface area contributed by atoms with E-state index in [-0.39, 0.29) is 5.92 Å². The van der Waals surface area contributed by atoms with Crippen LogP contribution in [0.25, 0.3) is 0 Å². The lowest BCUT2D eigenvalue weighted by molar-refractivity contribution is -0.121. The average molecular weight is 391 g/mol. The molecular weight excluding hydrogens is 351 g/mol. The molecule has 0 aromatic heterocycles. The minimum Gasteiger partial charge on any atom is -0.299 e. The van der Waals surface area contributed by atoms with Crippen molar-refractivity contribution in [3.05, 3.63) is 33.8 Å². The summed E-state index contributed by atoms with van der Waals surface area (Å²) < 4.78 is 0. The summed E-state index contributed by atoms with van der Waals surface area (Å²) in [6.07, 6.45) is 4.33. The Bertz CT molecular complexity index is 424. The minimum absolute atomic E-state index is 0.227. The molecule has 0 amide bonds. The molecule has 1 nitrogen and oxygen atoms in total. The van der Waals surface area contributed by atoms with Crippen molar-refractivity contribution in [1.29, 1.82) is 0 Å². The van der Waals surface area contributed by atoms with E-state index in [0.717, 1.165) is 12.3 Å². The van der Waals surface area contributed by atoms with Gasteiger partial charge in [0.1, 0.15) is 5.78 Å². The molecule has 0 aliphatic rings. The summed E-state index contributed by atoms with van der Waals surface area (Å²) in [4.78, 5) is 10.5. The Hall–Kier alpha value is -0.530. The predicted octanol–water partition coefficient (Wildman–Crippen LogP) is 8.65. The Balaban J connectivity index is -0.000000287. The highest BCUT2D eigenvalue weighted by Gasteiger charge is 2.00. The number of halogens is 2. The van der Waals surface area contributed by atoms with E-state index >= 15 is 0 Å². The van der Waals surface area contributed by atoms with Gasteiger partial charge in [-0.05, 0) is 30.0 Å². The van der Waals surface area contributed by atoms with Crippen LogP contribution in [0.5, 0.6) is 0 Å². The van der Waals surface area contributed by atoms with Gasteiger partial charge in [-0.2, -0.15) is 0 Å². The monoisotopic (exact) mass is 390 g/mol. The van der Waals surface area contributed by atoms with Crippen molar-refractivity contribution < 1.29 is 4.79 Å². The minimum atomic E-state index is 0.227. The molecule has 25 heavy (non-hydrogen) atoms. The molecule has 3 heteroatoms. The molecule has 0 aliphatic carbocycles. The van der Waals surface area contributed by atoms with Crippen molar-refractivity contribution in [3.8, 4) is 0 Å². The molecule has 1 aromatic carbocycles. The van der Waals surface area contributed by atoms with Crippen molar-refractivity contribution in [3.63, 3.8) is 0 Å². The predicted molar refractivity (Wildman–Crippen MR) is 117 cm³/mol. The number of carbonyl (C=O) groups excluding carboxylic acids is 1. The van der Waals surface area contributed by atoms with Crippen molar-refractivity contribution in [1.82, 2.24) is 0 Å². The van der Waals surface area contributed by atoms with Crippen LogP contribution in [0.1, 0.15) is 87.1 Å². The van der Waals surface area contributed by atoms with Crippen LogP contribution in [0.15, 0.2) is 18.2 Å². The van der Waals surface area contributed by atoms with E-state index in [1.807, 2.05) is 52.8 Å². The van der Waals surface area contributed by atoms with E-state index < -0.39 is 0 Å². The van der Waals surface area contributed by atoms with E-state index in [0.29, 0.717) is 22.2 Å². The number of hydrogen-bond donors (Lipinski definition) is 0. The molecule has 148 valence electrons. The first-order valence-electron chi connectivity index (χ1n) is 9.69. The largest absolute Gasteiger partial charge is 0.299 e. The lowest BCUT2D eigenvalue weighted by Gasteiger charge is -1.98. The van der Waals surface area contributed by atoms with Crippen LogP contribution in [0.3, 0.4) is 0 Å². The van der Waals surface area contributed by atoms with Crippen LogP contribution < -0.4 is 0 Å². The topological polar surface area (TPSA) is 17.1 Å². The van der Waals surface area contributed by atoms with Gasteiger partial charge in [-0.1, -0.05) is 104 Å². The van der Waals surface area contributed by atoms with Crippen LogP contribution in [0, 0.1) is 11.8 Å². The van der Waals surface area contributed by atoms with Gasteiger partial charge in [0.25, 0.3) is 0 Å². The Labute approximate surface area is 167 Å². The Morgan fingerprint density at radius 2 is 1.40 bits per heavy atom. The molecule has 0 radical (unpaired) electrons. The average Bonchev–Trinajstić information content (AvgIpc) is 2.65. The second-order valence-electron chi connectivity index (χ2n) is 6.00. The lowest BCUT2D eigenvalue weighted by atomic mass is 10.1. The van der Waals surface area contributed by atoms with Crippen LogP contribution in [-0.4, -0.2) is 5.78 Å². The normalized spacial score (nSPS) is 9.32. The Morgan fingerprint density at radius 3 is 1.60 bits per heavy atom. The third-order valence-corrected chi connectivity index (χ3v) is 4.52. The quantitative estimate of drug-likeness (QED) is 0.491. The zero-order chi connectivity index (χ0) is 20.4. The molecular formula is C22H40Cl2O. The van der Waals surface area contributed by atoms with Crippen molar-refractivity contribution in [2.45, 2.75) is 88.0 Å². The number of rotatable bonds is 5. The number of aryl methyl sites for hydroxylation is 1. The standard InChI is InChI=1S/C8H8Cl2.C6H12O.C6H14.C2H6/c1-2-6-3-4-7(9)8(10)5-6;1-4-6(7)5(2)3;1-4-6(3)5-2;1-2/h3-5H,2H2,1H3;5H,4H2,1-3H3;6H,4-5H2,1-3H3;1-2H3. The molecule has 0 atom stereocenters. The van der Waals surface area contributed by atoms with Gasteiger partial charge in [0.15, 0.2) is 0 Å². The molecule has 1 aromatic rings. The summed E-state index contributed by atoms with van der Waals surface area (Å²) in [6, 6.07) is 5.70. The SMILES string of the molecule is CC.CCC(=O)C(C)C.CCC(C)CC.CCc1ccc(Cl)c(Cl)c1. The highest BCUT2D eigenvalue weighted by atomic mass is 35.5. The third kappa shape index (κ3) is 18.1. The number of ketones is 1. The second kappa shape index (κ2) is 19.8. The number of Topliss-reactive ketones (excluding diaryl/α,β-unsaturated/α-hetero) is 1. The summed E-state index contributed by atoms with van der Waals surface area (Å²) in [5, 5.41) is 1.26. The first-order valence-corrected chi connectivity index (χ1v) is 10.4. The van der Waals surface area contributed by atoms with Crippen LogP contribution in [0.4, 0.5) is 0 Å².